The molecule has 23 heavy (non-hydrogen) atoms. The topological polar surface area (TPSA) is 40.5 Å². The molecule has 0 radical (unpaired) electrons. The molecule has 0 bridgehead atoms. The van der Waals surface area contributed by atoms with Crippen LogP contribution in [0.15, 0.2) is 24.3 Å². The molecule has 0 fully saturated rings. The van der Waals surface area contributed by atoms with Crippen LogP contribution in [0, 0.1) is 0 Å². The summed E-state index contributed by atoms with van der Waals surface area (Å²) in [6.45, 7) is 6.15. The van der Waals surface area contributed by atoms with Crippen LogP contribution in [-0.2, 0) is 15.9 Å². The number of ether oxygens (including phenoxy) is 2. The second kappa shape index (κ2) is 6.17. The summed E-state index contributed by atoms with van der Waals surface area (Å²) in [7, 11) is 0. The summed E-state index contributed by atoms with van der Waals surface area (Å²) < 4.78 is 13.2. The second-order valence-electron chi connectivity index (χ2n) is 6.78. The normalized spacial score (nSPS) is 17.5. The van der Waals surface area contributed by atoms with E-state index >= 15 is 0 Å². The van der Waals surface area contributed by atoms with Gasteiger partial charge in [0.15, 0.2) is 0 Å². The summed E-state index contributed by atoms with van der Waals surface area (Å²) >= 11 is 5.75. The van der Waals surface area contributed by atoms with Gasteiger partial charge in [-0.1, -0.05) is 18.2 Å². The highest BCUT2D eigenvalue weighted by Gasteiger charge is 2.33. The Hall–Kier alpha value is -1.52. The fourth-order valence-electron chi connectivity index (χ4n) is 3.21. The first-order valence-electron chi connectivity index (χ1n) is 7.95. The lowest BCUT2D eigenvalue weighted by atomic mass is 10.1. The van der Waals surface area contributed by atoms with Gasteiger partial charge in [0.05, 0.1) is 18.2 Å². The van der Waals surface area contributed by atoms with E-state index in [0.717, 1.165) is 35.0 Å². The molecule has 0 N–H and O–H groups in total. The monoisotopic (exact) mass is 335 g/mol. The summed E-state index contributed by atoms with van der Waals surface area (Å²) in [6.07, 6.45) is 1.34. The van der Waals surface area contributed by atoms with Crippen molar-refractivity contribution in [3.8, 4) is 0 Å². The maximum Gasteiger partial charge on any atom is 0.419 e. The number of para-hydroxylation sites is 1. The zero-order chi connectivity index (χ0) is 16.6. The van der Waals surface area contributed by atoms with Gasteiger partial charge in [0, 0.05) is 22.5 Å². The van der Waals surface area contributed by atoms with Gasteiger partial charge >= 0.3 is 6.09 Å². The quantitative estimate of drug-likeness (QED) is 0.765. The molecule has 3 rings (SSSR count). The third kappa shape index (κ3) is 3.10. The number of fused-ring (bicyclic) bond motifs is 3. The molecule has 4 nitrogen and oxygen atoms in total. The van der Waals surface area contributed by atoms with Crippen LogP contribution in [0.4, 0.5) is 4.79 Å². The average Bonchev–Trinajstić information content (AvgIpc) is 3.01. The van der Waals surface area contributed by atoms with Crippen molar-refractivity contribution in [2.24, 2.45) is 0 Å². The lowest BCUT2D eigenvalue weighted by Gasteiger charge is -2.20. The lowest BCUT2D eigenvalue weighted by molar-refractivity contribution is 0.0540. The summed E-state index contributed by atoms with van der Waals surface area (Å²) in [5.74, 6) is 0.469. The van der Waals surface area contributed by atoms with Gasteiger partial charge in [-0.25, -0.2) is 9.36 Å². The maximum atomic E-state index is 12.7. The number of hydrogen-bond donors (Lipinski definition) is 0. The highest BCUT2D eigenvalue weighted by molar-refractivity contribution is 6.17. The highest BCUT2D eigenvalue weighted by atomic mass is 35.5. The number of nitrogens with zero attached hydrogens (tertiary/aromatic N) is 1. The van der Waals surface area contributed by atoms with E-state index in [9.17, 15) is 4.79 Å². The Bertz CT molecular complexity index is 730. The van der Waals surface area contributed by atoms with E-state index < -0.39 is 5.60 Å². The van der Waals surface area contributed by atoms with Crippen LogP contribution in [0.5, 0.6) is 0 Å². The van der Waals surface area contributed by atoms with Crippen molar-refractivity contribution in [3.05, 3.63) is 35.5 Å². The Labute approximate surface area is 141 Å². The summed E-state index contributed by atoms with van der Waals surface area (Å²) in [5.41, 5.74) is 2.46. The standard InChI is InChI=1S/C18H22ClNO3/c1-18(2,3)23-17(21)20-13-7-5-4-6-12(13)16-14(20)8-9-15(16)22-11-10-19/h4-7,15H,8-11H2,1-3H3. The molecular formula is C18H22ClNO3. The van der Waals surface area contributed by atoms with Gasteiger partial charge in [-0.3, -0.25) is 0 Å². The van der Waals surface area contributed by atoms with Crippen molar-refractivity contribution >= 4 is 28.6 Å². The second-order valence-corrected chi connectivity index (χ2v) is 7.16. The summed E-state index contributed by atoms with van der Waals surface area (Å²) in [4.78, 5) is 12.7. The van der Waals surface area contributed by atoms with E-state index in [0.29, 0.717) is 12.5 Å². The Morgan fingerprint density at radius 3 is 2.78 bits per heavy atom. The van der Waals surface area contributed by atoms with Gasteiger partial charge in [0.25, 0.3) is 0 Å². The fourth-order valence-corrected chi connectivity index (χ4v) is 3.29. The number of alkyl halides is 1. The summed E-state index contributed by atoms with van der Waals surface area (Å²) in [5, 5.41) is 1.06. The molecule has 1 aliphatic carbocycles. The van der Waals surface area contributed by atoms with E-state index in [-0.39, 0.29) is 12.2 Å². The fraction of sp³-hybridized carbons (Fsp3) is 0.500. The van der Waals surface area contributed by atoms with Gasteiger partial charge in [-0.15, -0.1) is 11.6 Å². The molecule has 1 aromatic heterocycles. The van der Waals surface area contributed by atoms with Crippen LogP contribution in [0.3, 0.4) is 0 Å². The maximum absolute atomic E-state index is 12.7. The van der Waals surface area contributed by atoms with Crippen molar-refractivity contribution in [2.45, 2.75) is 45.3 Å². The molecule has 2 aromatic rings. The van der Waals surface area contributed by atoms with Crippen LogP contribution < -0.4 is 0 Å². The Morgan fingerprint density at radius 2 is 2.09 bits per heavy atom. The van der Waals surface area contributed by atoms with Crippen molar-refractivity contribution in [3.63, 3.8) is 0 Å². The third-order valence-corrected chi connectivity index (χ3v) is 4.11. The van der Waals surface area contributed by atoms with Gasteiger partial charge < -0.3 is 9.47 Å². The molecule has 0 saturated carbocycles. The first-order valence-corrected chi connectivity index (χ1v) is 8.49. The van der Waals surface area contributed by atoms with Gasteiger partial charge in [0.1, 0.15) is 5.60 Å². The third-order valence-electron chi connectivity index (χ3n) is 3.95. The Balaban J connectivity index is 2.08. The van der Waals surface area contributed by atoms with Crippen molar-refractivity contribution in [2.75, 3.05) is 12.5 Å². The Kier molecular flexibility index (Phi) is 4.39. The molecular weight excluding hydrogens is 314 g/mol. The molecule has 0 amide bonds. The van der Waals surface area contributed by atoms with E-state index in [1.54, 1.807) is 4.57 Å². The number of benzene rings is 1. The molecule has 1 atom stereocenters. The van der Waals surface area contributed by atoms with Crippen molar-refractivity contribution in [1.29, 1.82) is 0 Å². The molecule has 124 valence electrons. The van der Waals surface area contributed by atoms with Crippen molar-refractivity contribution in [1.82, 2.24) is 4.57 Å². The average molecular weight is 336 g/mol. The molecule has 1 unspecified atom stereocenters. The minimum atomic E-state index is -0.525. The molecule has 0 aliphatic heterocycles. The molecule has 0 saturated heterocycles. The van der Waals surface area contributed by atoms with Crippen LogP contribution in [0.2, 0.25) is 0 Å². The SMILES string of the molecule is CC(C)(C)OC(=O)n1c2c(c3ccccc31)C(OCCCl)CC2. The number of hydrogen-bond acceptors (Lipinski definition) is 3. The summed E-state index contributed by atoms with van der Waals surface area (Å²) in [6, 6.07) is 7.92. The Morgan fingerprint density at radius 1 is 1.35 bits per heavy atom. The number of carbonyl (C=O) groups is 1. The molecule has 1 aliphatic rings. The number of aromatic nitrogens is 1. The van der Waals surface area contributed by atoms with Crippen LogP contribution in [0.1, 0.15) is 44.6 Å². The van der Waals surface area contributed by atoms with Crippen LogP contribution in [0.25, 0.3) is 10.9 Å². The molecule has 0 spiro atoms. The minimum Gasteiger partial charge on any atom is -0.443 e. The molecule has 1 aromatic carbocycles. The lowest BCUT2D eigenvalue weighted by Crippen LogP contribution is -2.27. The van der Waals surface area contributed by atoms with E-state index in [1.807, 2.05) is 45.0 Å². The zero-order valence-electron chi connectivity index (χ0n) is 13.8. The first-order chi connectivity index (χ1) is 10.9. The largest absolute Gasteiger partial charge is 0.443 e. The number of carbonyl (C=O) groups excluding carboxylic acids is 1. The highest BCUT2D eigenvalue weighted by Crippen LogP contribution is 2.41. The number of rotatable bonds is 3. The minimum absolute atomic E-state index is 0.00247. The zero-order valence-corrected chi connectivity index (χ0v) is 14.5. The first kappa shape index (κ1) is 16.3. The van der Waals surface area contributed by atoms with Crippen LogP contribution >= 0.6 is 11.6 Å². The predicted molar refractivity (Wildman–Crippen MR) is 91.3 cm³/mol. The van der Waals surface area contributed by atoms with Gasteiger partial charge in [-0.2, -0.15) is 0 Å². The van der Waals surface area contributed by atoms with E-state index in [1.165, 1.54) is 0 Å². The van der Waals surface area contributed by atoms with Crippen molar-refractivity contribution < 1.29 is 14.3 Å². The van der Waals surface area contributed by atoms with E-state index in [2.05, 4.69) is 0 Å². The van der Waals surface area contributed by atoms with Gasteiger partial charge in [0.2, 0.25) is 0 Å². The predicted octanol–water partition coefficient (Wildman–Crippen LogP) is 4.67. The smallest absolute Gasteiger partial charge is 0.419 e. The van der Waals surface area contributed by atoms with Crippen LogP contribution in [-0.4, -0.2) is 28.7 Å². The number of halogens is 1. The van der Waals surface area contributed by atoms with Gasteiger partial charge in [-0.05, 0) is 39.7 Å². The molecule has 5 heteroatoms. The molecule has 1 heterocycles. The van der Waals surface area contributed by atoms with E-state index in [4.69, 9.17) is 21.1 Å².